The zero-order chi connectivity index (χ0) is 23.8. The van der Waals surface area contributed by atoms with Crippen molar-refractivity contribution >= 4 is 21.7 Å². The van der Waals surface area contributed by atoms with Crippen molar-refractivity contribution in [3.05, 3.63) is 83.7 Å². The summed E-state index contributed by atoms with van der Waals surface area (Å²) in [5.74, 6) is -1.35. The van der Waals surface area contributed by atoms with Crippen LogP contribution in [0.4, 0.5) is 10.1 Å². The fraction of sp³-hybridized carbons (Fsp3) is 0.208. The van der Waals surface area contributed by atoms with E-state index >= 15 is 0 Å². The number of anilines is 1. The van der Waals surface area contributed by atoms with Crippen LogP contribution in [0.1, 0.15) is 24.0 Å². The van der Waals surface area contributed by atoms with Crippen LogP contribution in [-0.4, -0.2) is 33.2 Å². The Bertz CT molecular complexity index is 1210. The molecule has 0 saturated heterocycles. The number of benzene rings is 3. The van der Waals surface area contributed by atoms with Gasteiger partial charge in [0.15, 0.2) is 11.6 Å². The Hall–Kier alpha value is -3.59. The molecule has 0 heterocycles. The topological polar surface area (TPSA) is 102 Å². The van der Waals surface area contributed by atoms with Crippen molar-refractivity contribution in [2.24, 2.45) is 0 Å². The van der Waals surface area contributed by atoms with Crippen LogP contribution in [0.25, 0.3) is 0 Å². The van der Waals surface area contributed by atoms with Crippen molar-refractivity contribution in [1.82, 2.24) is 0 Å². The van der Waals surface area contributed by atoms with Crippen LogP contribution in [0.15, 0.2) is 71.6 Å². The molecule has 3 rings (SSSR count). The number of hydrogen-bond acceptors (Lipinski definition) is 5. The second-order valence-corrected chi connectivity index (χ2v) is 8.91. The molecule has 0 aliphatic heterocycles. The van der Waals surface area contributed by atoms with Gasteiger partial charge in [0, 0.05) is 24.1 Å². The number of halogens is 1. The molecule has 0 fully saturated rings. The highest BCUT2D eigenvalue weighted by Crippen LogP contribution is 2.28. The third-order valence-electron chi connectivity index (χ3n) is 4.78. The average Bonchev–Trinajstić information content (AvgIpc) is 2.78. The summed E-state index contributed by atoms with van der Waals surface area (Å²) in [6.45, 7) is 0.00358. The van der Waals surface area contributed by atoms with Crippen LogP contribution < -0.4 is 14.2 Å². The van der Waals surface area contributed by atoms with E-state index in [-0.39, 0.29) is 30.1 Å². The van der Waals surface area contributed by atoms with Crippen LogP contribution in [0.3, 0.4) is 0 Å². The first-order valence-electron chi connectivity index (χ1n) is 10.2. The van der Waals surface area contributed by atoms with E-state index < -0.39 is 21.8 Å². The molecule has 0 aliphatic rings. The molecule has 0 saturated carbocycles. The first-order chi connectivity index (χ1) is 15.8. The summed E-state index contributed by atoms with van der Waals surface area (Å²) in [4.78, 5) is 10.3. The Morgan fingerprint density at radius 3 is 2.42 bits per heavy atom. The third kappa shape index (κ3) is 6.69. The third-order valence-corrected chi connectivity index (χ3v) is 6.16. The second-order valence-electron chi connectivity index (χ2n) is 7.23. The molecule has 7 nitrogen and oxygen atoms in total. The zero-order valence-corrected chi connectivity index (χ0v) is 18.8. The van der Waals surface area contributed by atoms with E-state index in [9.17, 15) is 17.6 Å². The maximum Gasteiger partial charge on any atom is 0.303 e. The van der Waals surface area contributed by atoms with Gasteiger partial charge in [-0.3, -0.25) is 9.52 Å². The molecule has 3 aromatic rings. The molecule has 0 aliphatic carbocycles. The van der Waals surface area contributed by atoms with Gasteiger partial charge in [-0.25, -0.2) is 12.8 Å². The monoisotopic (exact) mass is 473 g/mol. The van der Waals surface area contributed by atoms with Gasteiger partial charge in [0.1, 0.15) is 5.75 Å². The lowest BCUT2D eigenvalue weighted by Crippen LogP contribution is -2.14. The normalized spacial score (nSPS) is 11.1. The van der Waals surface area contributed by atoms with Crippen molar-refractivity contribution in [3.63, 3.8) is 0 Å². The van der Waals surface area contributed by atoms with E-state index in [0.29, 0.717) is 17.9 Å². The number of carbonyl (C=O) groups is 1. The standard InChI is InChI=1S/C24H24FNO6S/c1-31-22-11-9-19(15-18(22)14-17-6-3-2-4-7-17)26-33(29,30)20-10-12-23(21(25)16-20)32-13-5-8-24(27)28/h2-4,6-7,9-12,15-16,26H,5,8,13-14H2,1H3,(H,27,28). The number of ether oxygens (including phenoxy) is 2. The Kier molecular flexibility index (Phi) is 7.89. The Labute approximate surface area is 191 Å². The molecule has 9 heteroatoms. The number of nitrogens with one attached hydrogen (secondary N) is 1. The van der Waals surface area contributed by atoms with Crippen LogP contribution in [-0.2, 0) is 21.2 Å². The fourth-order valence-corrected chi connectivity index (χ4v) is 4.24. The number of rotatable bonds is 11. The smallest absolute Gasteiger partial charge is 0.303 e. The van der Waals surface area contributed by atoms with Crippen molar-refractivity contribution in [2.45, 2.75) is 24.2 Å². The predicted octanol–water partition coefficient (Wildman–Crippen LogP) is 4.47. The Balaban J connectivity index is 1.75. The van der Waals surface area contributed by atoms with Gasteiger partial charge in [0.2, 0.25) is 0 Å². The lowest BCUT2D eigenvalue weighted by atomic mass is 10.0. The molecule has 0 atom stereocenters. The lowest BCUT2D eigenvalue weighted by Gasteiger charge is -2.14. The Morgan fingerprint density at radius 1 is 1.03 bits per heavy atom. The Morgan fingerprint density at radius 2 is 1.76 bits per heavy atom. The van der Waals surface area contributed by atoms with Gasteiger partial charge in [0.25, 0.3) is 10.0 Å². The van der Waals surface area contributed by atoms with Crippen LogP contribution >= 0.6 is 0 Å². The first-order valence-corrected chi connectivity index (χ1v) is 11.6. The van der Waals surface area contributed by atoms with E-state index in [4.69, 9.17) is 14.6 Å². The number of hydrogen-bond donors (Lipinski definition) is 2. The SMILES string of the molecule is COc1ccc(NS(=O)(=O)c2ccc(OCCCC(=O)O)c(F)c2)cc1Cc1ccccc1. The largest absolute Gasteiger partial charge is 0.496 e. The van der Waals surface area contributed by atoms with E-state index in [2.05, 4.69) is 4.72 Å². The fourth-order valence-electron chi connectivity index (χ4n) is 3.18. The molecule has 0 spiro atoms. The quantitative estimate of drug-likeness (QED) is 0.399. The number of carboxylic acid groups (broad SMARTS) is 1. The van der Waals surface area contributed by atoms with Crippen molar-refractivity contribution in [1.29, 1.82) is 0 Å². The highest BCUT2D eigenvalue weighted by molar-refractivity contribution is 7.92. The summed E-state index contributed by atoms with van der Waals surface area (Å²) >= 11 is 0. The summed E-state index contributed by atoms with van der Waals surface area (Å²) in [5, 5.41) is 8.62. The van der Waals surface area contributed by atoms with Gasteiger partial charge in [0.05, 0.1) is 18.6 Å². The summed E-state index contributed by atoms with van der Waals surface area (Å²) in [6.07, 6.45) is 0.646. The average molecular weight is 474 g/mol. The zero-order valence-electron chi connectivity index (χ0n) is 18.0. The predicted molar refractivity (Wildman–Crippen MR) is 122 cm³/mol. The molecular formula is C24H24FNO6S. The maximum atomic E-state index is 14.4. The molecule has 2 N–H and O–H groups in total. The van der Waals surface area contributed by atoms with Crippen molar-refractivity contribution in [2.75, 3.05) is 18.4 Å². The van der Waals surface area contributed by atoms with Gasteiger partial charge in [-0.1, -0.05) is 30.3 Å². The number of aliphatic carboxylic acids is 1. The van der Waals surface area contributed by atoms with E-state index in [1.165, 1.54) is 12.1 Å². The summed E-state index contributed by atoms with van der Waals surface area (Å²) < 4.78 is 53.0. The number of sulfonamides is 1. The molecular weight excluding hydrogens is 449 g/mol. The lowest BCUT2D eigenvalue weighted by molar-refractivity contribution is -0.137. The number of carboxylic acids is 1. The minimum Gasteiger partial charge on any atom is -0.496 e. The van der Waals surface area contributed by atoms with E-state index in [1.54, 1.807) is 25.3 Å². The minimum absolute atomic E-state index is 0.00358. The van der Waals surface area contributed by atoms with Gasteiger partial charge < -0.3 is 14.6 Å². The van der Waals surface area contributed by atoms with E-state index in [1.807, 2.05) is 30.3 Å². The summed E-state index contributed by atoms with van der Waals surface area (Å²) in [6, 6.07) is 17.9. The first kappa shape index (κ1) is 24.1. The molecule has 0 radical (unpaired) electrons. The van der Waals surface area contributed by atoms with Gasteiger partial charge >= 0.3 is 5.97 Å². The second kappa shape index (κ2) is 10.8. The summed E-state index contributed by atoms with van der Waals surface area (Å²) in [5.41, 5.74) is 2.15. The highest BCUT2D eigenvalue weighted by Gasteiger charge is 2.18. The van der Waals surface area contributed by atoms with Crippen LogP contribution in [0, 0.1) is 5.82 Å². The summed E-state index contributed by atoms with van der Waals surface area (Å²) in [7, 11) is -2.52. The molecule has 174 valence electrons. The molecule has 0 bridgehead atoms. The maximum absolute atomic E-state index is 14.4. The van der Waals surface area contributed by atoms with Gasteiger partial charge in [-0.15, -0.1) is 0 Å². The molecule has 3 aromatic carbocycles. The van der Waals surface area contributed by atoms with Crippen molar-refractivity contribution in [3.8, 4) is 11.5 Å². The number of methoxy groups -OCH3 is 1. The van der Waals surface area contributed by atoms with Crippen LogP contribution in [0.2, 0.25) is 0 Å². The molecule has 0 amide bonds. The molecule has 0 aromatic heterocycles. The molecule has 0 unspecified atom stereocenters. The minimum atomic E-state index is -4.06. The van der Waals surface area contributed by atoms with Crippen molar-refractivity contribution < 1.29 is 32.2 Å². The van der Waals surface area contributed by atoms with Crippen LogP contribution in [0.5, 0.6) is 11.5 Å². The van der Waals surface area contributed by atoms with Gasteiger partial charge in [-0.05, 0) is 48.4 Å². The molecule has 33 heavy (non-hydrogen) atoms. The highest BCUT2D eigenvalue weighted by atomic mass is 32.2. The van der Waals surface area contributed by atoms with Gasteiger partial charge in [-0.2, -0.15) is 0 Å². The van der Waals surface area contributed by atoms with E-state index in [0.717, 1.165) is 17.2 Å².